The zero-order chi connectivity index (χ0) is 13.2. The Balaban J connectivity index is 1.89. The maximum Gasteiger partial charge on any atom is 0.262 e. The summed E-state index contributed by atoms with van der Waals surface area (Å²) in [6, 6.07) is 10.2. The largest absolute Gasteiger partial charge is 0.324 e. The molecule has 2 heterocycles. The van der Waals surface area contributed by atoms with E-state index in [4.69, 9.17) is 0 Å². The molecule has 0 atom stereocenters. The number of nitrogens with one attached hydrogen (secondary N) is 2. The molecule has 0 spiro atoms. The number of para-hydroxylation sites is 2. The third-order valence-electron chi connectivity index (χ3n) is 2.63. The Morgan fingerprint density at radius 2 is 2.05 bits per heavy atom. The van der Waals surface area contributed by atoms with Crippen LogP contribution in [0.2, 0.25) is 0 Å². The molecule has 0 aliphatic heterocycles. The number of benzene rings is 1. The number of rotatable bonds is 2. The summed E-state index contributed by atoms with van der Waals surface area (Å²) in [4.78, 5) is 22.4. The number of halogens is 1. The maximum absolute atomic E-state index is 13.3. The minimum atomic E-state index is -0.809. The number of nitrogens with zero attached hydrogens (tertiary/aromatic N) is 2. The van der Waals surface area contributed by atoms with Crippen LogP contribution in [0.4, 0.5) is 10.3 Å². The molecule has 0 saturated carbocycles. The topological polar surface area (TPSA) is 70.7 Å². The van der Waals surface area contributed by atoms with E-state index in [0.29, 0.717) is 0 Å². The molecule has 5 nitrogen and oxygen atoms in total. The van der Waals surface area contributed by atoms with E-state index in [0.717, 1.165) is 11.0 Å². The minimum Gasteiger partial charge on any atom is -0.324 e. The lowest BCUT2D eigenvalue weighted by Gasteiger charge is -2.01. The van der Waals surface area contributed by atoms with Crippen molar-refractivity contribution in [2.24, 2.45) is 0 Å². The third-order valence-corrected chi connectivity index (χ3v) is 2.63. The van der Waals surface area contributed by atoms with Crippen LogP contribution in [0, 0.1) is 5.95 Å². The lowest BCUT2D eigenvalue weighted by Crippen LogP contribution is -2.15. The minimum absolute atomic E-state index is 0.122. The van der Waals surface area contributed by atoms with Gasteiger partial charge in [0.05, 0.1) is 16.6 Å². The van der Waals surface area contributed by atoms with Gasteiger partial charge in [-0.15, -0.1) is 0 Å². The number of imidazole rings is 1. The molecule has 3 rings (SSSR count). The molecule has 0 unspecified atom stereocenters. The number of aromatic nitrogens is 3. The van der Waals surface area contributed by atoms with Crippen LogP contribution < -0.4 is 5.32 Å². The van der Waals surface area contributed by atoms with Gasteiger partial charge in [0.25, 0.3) is 5.91 Å². The maximum atomic E-state index is 13.3. The molecular formula is C13H9FN4O. The van der Waals surface area contributed by atoms with Crippen molar-refractivity contribution in [2.75, 3.05) is 5.32 Å². The lowest BCUT2D eigenvalue weighted by molar-refractivity contribution is 0.102. The molecule has 3 aromatic rings. The van der Waals surface area contributed by atoms with Gasteiger partial charge >= 0.3 is 0 Å². The number of pyridine rings is 1. The van der Waals surface area contributed by atoms with Gasteiger partial charge in [0.15, 0.2) is 0 Å². The van der Waals surface area contributed by atoms with Crippen molar-refractivity contribution < 1.29 is 9.18 Å². The first-order valence-corrected chi connectivity index (χ1v) is 5.60. The van der Waals surface area contributed by atoms with Gasteiger partial charge < -0.3 is 4.98 Å². The molecule has 0 aliphatic rings. The van der Waals surface area contributed by atoms with Gasteiger partial charge in [0.1, 0.15) is 0 Å². The predicted octanol–water partition coefficient (Wildman–Crippen LogP) is 2.35. The lowest BCUT2D eigenvalue weighted by atomic mass is 10.2. The SMILES string of the molecule is O=C(Nc1nc2ccccc2[nH]1)c1cccnc1F. The summed E-state index contributed by atoms with van der Waals surface area (Å²) in [5.41, 5.74) is 1.40. The molecule has 0 aliphatic carbocycles. The van der Waals surface area contributed by atoms with Gasteiger partial charge in [0.2, 0.25) is 11.9 Å². The van der Waals surface area contributed by atoms with Gasteiger partial charge in [-0.05, 0) is 24.3 Å². The second-order valence-electron chi connectivity index (χ2n) is 3.90. The molecule has 6 heteroatoms. The summed E-state index contributed by atoms with van der Waals surface area (Å²) in [6.07, 6.45) is 1.29. The quantitative estimate of drug-likeness (QED) is 0.691. The molecule has 0 radical (unpaired) electrons. The van der Waals surface area contributed by atoms with E-state index in [-0.39, 0.29) is 11.5 Å². The van der Waals surface area contributed by atoms with Gasteiger partial charge in [-0.3, -0.25) is 10.1 Å². The Morgan fingerprint density at radius 3 is 2.84 bits per heavy atom. The van der Waals surface area contributed by atoms with Crippen LogP contribution in [0.3, 0.4) is 0 Å². The number of hydrogen-bond acceptors (Lipinski definition) is 3. The molecular weight excluding hydrogens is 247 g/mol. The fraction of sp³-hybridized carbons (Fsp3) is 0. The molecule has 0 fully saturated rings. The van der Waals surface area contributed by atoms with Crippen LogP contribution in [0.1, 0.15) is 10.4 Å². The summed E-state index contributed by atoms with van der Waals surface area (Å²) in [5, 5.41) is 2.50. The zero-order valence-corrected chi connectivity index (χ0v) is 9.72. The fourth-order valence-corrected chi connectivity index (χ4v) is 1.74. The van der Waals surface area contributed by atoms with E-state index in [9.17, 15) is 9.18 Å². The average molecular weight is 256 g/mol. The number of carbonyl (C=O) groups excluding carboxylic acids is 1. The summed E-state index contributed by atoms with van der Waals surface area (Å²) < 4.78 is 13.3. The highest BCUT2D eigenvalue weighted by atomic mass is 19.1. The first kappa shape index (κ1) is 11.3. The van der Waals surface area contributed by atoms with Gasteiger partial charge in [0, 0.05) is 6.20 Å². The number of H-pyrrole nitrogens is 1. The molecule has 2 aromatic heterocycles. The van der Waals surface area contributed by atoms with Crippen molar-refractivity contribution in [2.45, 2.75) is 0 Å². The highest BCUT2D eigenvalue weighted by molar-refractivity contribution is 6.03. The number of hydrogen-bond donors (Lipinski definition) is 2. The number of fused-ring (bicyclic) bond motifs is 1. The average Bonchev–Trinajstić information content (AvgIpc) is 2.81. The summed E-state index contributed by atoms with van der Waals surface area (Å²) in [6.45, 7) is 0. The first-order valence-electron chi connectivity index (χ1n) is 5.60. The monoisotopic (exact) mass is 256 g/mol. The zero-order valence-electron chi connectivity index (χ0n) is 9.72. The summed E-state index contributed by atoms with van der Waals surface area (Å²) in [5.74, 6) is -1.13. The molecule has 1 aromatic carbocycles. The standard InChI is InChI=1S/C13H9FN4O/c14-11-8(4-3-7-15-11)12(19)18-13-16-9-5-1-2-6-10(9)17-13/h1-7H,(H2,16,17,18,19). The number of carbonyl (C=O) groups is 1. The summed E-state index contributed by atoms with van der Waals surface area (Å²) >= 11 is 0. The highest BCUT2D eigenvalue weighted by Gasteiger charge is 2.13. The molecule has 2 N–H and O–H groups in total. The predicted molar refractivity (Wildman–Crippen MR) is 68.2 cm³/mol. The van der Waals surface area contributed by atoms with Crippen LogP contribution in [-0.4, -0.2) is 20.9 Å². The van der Waals surface area contributed by atoms with Crippen LogP contribution >= 0.6 is 0 Å². The third kappa shape index (κ3) is 2.15. The molecule has 0 bridgehead atoms. The van der Waals surface area contributed by atoms with Gasteiger partial charge in [-0.25, -0.2) is 9.97 Å². The Hall–Kier alpha value is -2.76. The van der Waals surface area contributed by atoms with E-state index in [1.807, 2.05) is 24.3 Å². The van der Waals surface area contributed by atoms with Gasteiger partial charge in [-0.2, -0.15) is 4.39 Å². The second kappa shape index (κ2) is 4.49. The van der Waals surface area contributed by atoms with E-state index in [1.54, 1.807) is 0 Å². The number of amides is 1. The normalized spacial score (nSPS) is 10.6. The van der Waals surface area contributed by atoms with Crippen molar-refractivity contribution >= 4 is 22.9 Å². The fourth-order valence-electron chi connectivity index (χ4n) is 1.74. The Kier molecular flexibility index (Phi) is 2.68. The molecule has 19 heavy (non-hydrogen) atoms. The summed E-state index contributed by atoms with van der Waals surface area (Å²) in [7, 11) is 0. The van der Waals surface area contributed by atoms with Crippen molar-refractivity contribution in [3.05, 3.63) is 54.1 Å². The van der Waals surface area contributed by atoms with E-state index in [1.165, 1.54) is 18.3 Å². The first-order chi connectivity index (χ1) is 9.24. The second-order valence-corrected chi connectivity index (χ2v) is 3.90. The Morgan fingerprint density at radius 1 is 1.21 bits per heavy atom. The van der Waals surface area contributed by atoms with E-state index < -0.39 is 11.9 Å². The Bertz CT molecular complexity index is 720. The molecule has 94 valence electrons. The highest BCUT2D eigenvalue weighted by Crippen LogP contribution is 2.14. The number of aromatic amines is 1. The number of anilines is 1. The van der Waals surface area contributed by atoms with Crippen LogP contribution in [0.15, 0.2) is 42.6 Å². The van der Waals surface area contributed by atoms with E-state index >= 15 is 0 Å². The van der Waals surface area contributed by atoms with Gasteiger partial charge in [-0.1, -0.05) is 12.1 Å². The smallest absolute Gasteiger partial charge is 0.262 e. The van der Waals surface area contributed by atoms with Crippen molar-refractivity contribution in [1.29, 1.82) is 0 Å². The van der Waals surface area contributed by atoms with Crippen LogP contribution in [-0.2, 0) is 0 Å². The molecule has 0 saturated heterocycles. The van der Waals surface area contributed by atoms with E-state index in [2.05, 4.69) is 20.3 Å². The molecule has 1 amide bonds. The van der Waals surface area contributed by atoms with Crippen LogP contribution in [0.5, 0.6) is 0 Å². The van der Waals surface area contributed by atoms with Crippen molar-refractivity contribution in [3.63, 3.8) is 0 Å². The Labute approximate surface area is 107 Å². The van der Waals surface area contributed by atoms with Crippen LogP contribution in [0.25, 0.3) is 11.0 Å². The van der Waals surface area contributed by atoms with Crippen molar-refractivity contribution in [3.8, 4) is 0 Å². The van der Waals surface area contributed by atoms with Crippen molar-refractivity contribution in [1.82, 2.24) is 15.0 Å².